The second kappa shape index (κ2) is 3.68. The minimum absolute atomic E-state index is 0.402. The van der Waals surface area contributed by atoms with Crippen LogP contribution in [0, 0.1) is 11.3 Å². The van der Waals surface area contributed by atoms with Crippen molar-refractivity contribution in [3.05, 3.63) is 48.5 Å². The molecule has 0 amide bonds. The largest absolute Gasteiger partial charge is 0.245 e. The average Bonchev–Trinajstić information content (AvgIpc) is 2.87. The maximum absolute atomic E-state index is 8.70. The van der Waals surface area contributed by atoms with Gasteiger partial charge in [-0.3, -0.25) is 0 Å². The van der Waals surface area contributed by atoms with E-state index in [0.717, 1.165) is 16.9 Å². The van der Waals surface area contributed by atoms with Crippen molar-refractivity contribution < 1.29 is 0 Å². The van der Waals surface area contributed by atoms with Crippen molar-refractivity contribution in [2.24, 2.45) is 0 Å². The van der Waals surface area contributed by atoms with E-state index in [1.54, 1.807) is 16.8 Å². The number of fused-ring (bicyclic) bond motifs is 1. The maximum atomic E-state index is 8.70. The lowest BCUT2D eigenvalue weighted by Crippen LogP contribution is -1.94. The molecule has 0 spiro atoms. The van der Waals surface area contributed by atoms with E-state index in [4.69, 9.17) is 5.26 Å². The van der Waals surface area contributed by atoms with Crippen LogP contribution >= 0.6 is 0 Å². The van der Waals surface area contributed by atoms with E-state index < -0.39 is 0 Å². The Labute approximate surface area is 97.0 Å². The summed E-state index contributed by atoms with van der Waals surface area (Å²) in [5.74, 6) is 0. The average molecular weight is 221 g/mol. The van der Waals surface area contributed by atoms with Crippen molar-refractivity contribution in [3.8, 4) is 17.3 Å². The molecule has 3 aromatic rings. The Morgan fingerprint density at radius 2 is 2.06 bits per heavy atom. The summed E-state index contributed by atoms with van der Waals surface area (Å²) in [5, 5.41) is 12.8. The molecule has 0 saturated carbocycles. The smallest absolute Gasteiger partial charge is 0.155 e. The van der Waals surface area contributed by atoms with Crippen LogP contribution in [0.5, 0.6) is 0 Å². The molecule has 17 heavy (non-hydrogen) atoms. The van der Waals surface area contributed by atoms with Crippen LogP contribution in [0.4, 0.5) is 0 Å². The summed E-state index contributed by atoms with van der Waals surface area (Å²) in [6, 6.07) is 11.3. The van der Waals surface area contributed by atoms with Crippen LogP contribution in [0.3, 0.4) is 0 Å². The molecule has 0 aliphatic heterocycles. The third-order valence-electron chi connectivity index (χ3n) is 2.48. The fourth-order valence-electron chi connectivity index (χ4n) is 1.68. The summed E-state index contributed by atoms with van der Waals surface area (Å²) in [6.07, 6.45) is 3.17. The van der Waals surface area contributed by atoms with Crippen molar-refractivity contribution in [2.75, 3.05) is 0 Å². The quantitative estimate of drug-likeness (QED) is 0.626. The van der Waals surface area contributed by atoms with Crippen molar-refractivity contribution in [1.29, 1.82) is 5.26 Å². The molecule has 0 bridgehead atoms. The minimum Gasteiger partial charge on any atom is -0.245 e. The summed E-state index contributed by atoms with van der Waals surface area (Å²) >= 11 is 0. The molecule has 0 N–H and O–H groups in total. The number of rotatable bonds is 1. The minimum atomic E-state index is 0.402. The summed E-state index contributed by atoms with van der Waals surface area (Å²) in [7, 11) is 0. The molecule has 3 aromatic heterocycles. The van der Waals surface area contributed by atoms with Gasteiger partial charge in [-0.2, -0.15) is 10.4 Å². The van der Waals surface area contributed by atoms with Crippen molar-refractivity contribution in [1.82, 2.24) is 19.6 Å². The summed E-state index contributed by atoms with van der Waals surface area (Å²) in [4.78, 5) is 8.16. The van der Waals surface area contributed by atoms with Gasteiger partial charge in [0, 0.05) is 11.8 Å². The highest BCUT2D eigenvalue weighted by molar-refractivity contribution is 5.62. The third-order valence-corrected chi connectivity index (χ3v) is 2.48. The van der Waals surface area contributed by atoms with Crippen molar-refractivity contribution in [2.45, 2.75) is 0 Å². The molecule has 3 heterocycles. The third kappa shape index (κ3) is 1.52. The Kier molecular flexibility index (Phi) is 2.06. The van der Waals surface area contributed by atoms with Crippen LogP contribution in [-0.2, 0) is 0 Å². The lowest BCUT2D eigenvalue weighted by molar-refractivity contribution is 0.968. The predicted molar refractivity (Wildman–Crippen MR) is 60.9 cm³/mol. The van der Waals surface area contributed by atoms with E-state index in [0.29, 0.717) is 5.69 Å². The number of hydrogen-bond acceptors (Lipinski definition) is 4. The molecular weight excluding hydrogens is 214 g/mol. The van der Waals surface area contributed by atoms with Gasteiger partial charge in [-0.15, -0.1) is 0 Å². The molecule has 5 nitrogen and oxygen atoms in total. The summed E-state index contributed by atoms with van der Waals surface area (Å²) in [5.41, 5.74) is 2.99. The highest BCUT2D eigenvalue weighted by atomic mass is 15.3. The molecular formula is C12H7N5. The van der Waals surface area contributed by atoms with Gasteiger partial charge < -0.3 is 0 Å². The van der Waals surface area contributed by atoms with E-state index in [9.17, 15) is 0 Å². The molecule has 0 radical (unpaired) electrons. The zero-order valence-corrected chi connectivity index (χ0v) is 8.78. The lowest BCUT2D eigenvalue weighted by atomic mass is 10.2. The first-order chi connectivity index (χ1) is 8.38. The van der Waals surface area contributed by atoms with Crippen LogP contribution in [-0.4, -0.2) is 19.6 Å². The monoisotopic (exact) mass is 221 g/mol. The topological polar surface area (TPSA) is 66.9 Å². The van der Waals surface area contributed by atoms with Gasteiger partial charge in [-0.1, -0.05) is 6.07 Å². The number of nitrogens with zero attached hydrogens (tertiary/aromatic N) is 5. The van der Waals surface area contributed by atoms with Crippen molar-refractivity contribution in [3.63, 3.8) is 0 Å². The van der Waals surface area contributed by atoms with Crippen LogP contribution in [0.2, 0.25) is 0 Å². The SMILES string of the molecule is N#Cc1ccc(-c2cccc3ncnn23)cn1. The highest BCUT2D eigenvalue weighted by Gasteiger charge is 2.04. The van der Waals surface area contributed by atoms with Crippen LogP contribution in [0.25, 0.3) is 16.9 Å². The maximum Gasteiger partial charge on any atom is 0.155 e. The van der Waals surface area contributed by atoms with Gasteiger partial charge in [0.05, 0.1) is 5.69 Å². The lowest BCUT2D eigenvalue weighted by Gasteiger charge is -2.03. The van der Waals surface area contributed by atoms with E-state index in [1.165, 1.54) is 6.33 Å². The van der Waals surface area contributed by atoms with Crippen LogP contribution in [0.1, 0.15) is 5.69 Å². The summed E-state index contributed by atoms with van der Waals surface area (Å²) < 4.78 is 1.74. The van der Waals surface area contributed by atoms with E-state index in [2.05, 4.69) is 15.1 Å². The van der Waals surface area contributed by atoms with Gasteiger partial charge in [0.1, 0.15) is 18.1 Å². The van der Waals surface area contributed by atoms with Gasteiger partial charge in [0.2, 0.25) is 0 Å². The van der Waals surface area contributed by atoms with Gasteiger partial charge in [-0.25, -0.2) is 14.5 Å². The standard InChI is InChI=1S/C12H7N5/c13-6-10-5-4-9(7-14-10)11-2-1-3-12-15-8-16-17(11)12/h1-5,7-8H. The number of aromatic nitrogens is 4. The van der Waals surface area contributed by atoms with Crippen LogP contribution in [0.15, 0.2) is 42.9 Å². The molecule has 0 aromatic carbocycles. The van der Waals surface area contributed by atoms with E-state index >= 15 is 0 Å². The van der Waals surface area contributed by atoms with Crippen molar-refractivity contribution >= 4 is 5.65 Å². The zero-order valence-electron chi connectivity index (χ0n) is 8.78. The fourth-order valence-corrected chi connectivity index (χ4v) is 1.68. The molecule has 0 aliphatic rings. The molecule has 3 rings (SSSR count). The van der Waals surface area contributed by atoms with E-state index in [1.807, 2.05) is 30.3 Å². The Hall–Kier alpha value is -2.74. The number of pyridine rings is 2. The second-order valence-corrected chi connectivity index (χ2v) is 3.48. The Morgan fingerprint density at radius 1 is 1.12 bits per heavy atom. The molecule has 0 atom stereocenters. The second-order valence-electron chi connectivity index (χ2n) is 3.48. The van der Waals surface area contributed by atoms with Gasteiger partial charge in [-0.05, 0) is 24.3 Å². The first-order valence-electron chi connectivity index (χ1n) is 5.04. The predicted octanol–water partition coefficient (Wildman–Crippen LogP) is 1.66. The summed E-state index contributed by atoms with van der Waals surface area (Å²) in [6.45, 7) is 0. The Morgan fingerprint density at radius 3 is 2.82 bits per heavy atom. The highest BCUT2D eigenvalue weighted by Crippen LogP contribution is 2.18. The van der Waals surface area contributed by atoms with Gasteiger partial charge in [0.25, 0.3) is 0 Å². The normalized spacial score (nSPS) is 10.3. The molecule has 80 valence electrons. The molecule has 0 unspecified atom stereocenters. The Bertz CT molecular complexity index is 706. The first kappa shape index (κ1) is 9.48. The number of hydrogen-bond donors (Lipinski definition) is 0. The van der Waals surface area contributed by atoms with Crippen LogP contribution < -0.4 is 0 Å². The van der Waals surface area contributed by atoms with Gasteiger partial charge >= 0.3 is 0 Å². The van der Waals surface area contributed by atoms with E-state index in [-0.39, 0.29) is 0 Å². The number of nitriles is 1. The first-order valence-corrected chi connectivity index (χ1v) is 5.04. The molecule has 5 heteroatoms. The fraction of sp³-hybridized carbons (Fsp3) is 0. The molecule has 0 saturated heterocycles. The Balaban J connectivity index is 2.20. The molecule has 0 fully saturated rings. The zero-order chi connectivity index (χ0) is 11.7. The van der Waals surface area contributed by atoms with Gasteiger partial charge in [0.15, 0.2) is 5.65 Å². The molecule has 0 aliphatic carbocycles.